The lowest BCUT2D eigenvalue weighted by Gasteiger charge is -2.03. The molecule has 1 aliphatic rings. The van der Waals surface area contributed by atoms with Gasteiger partial charge in [0, 0.05) is 13.2 Å². The Kier molecular flexibility index (Phi) is 4.04. The van der Waals surface area contributed by atoms with E-state index in [-0.39, 0.29) is 12.5 Å². The second-order valence-corrected chi connectivity index (χ2v) is 3.07. The molecule has 0 radical (unpaired) electrons. The maximum atomic E-state index is 10.6. The van der Waals surface area contributed by atoms with Crippen LogP contribution in [0.15, 0.2) is 0 Å². The summed E-state index contributed by atoms with van der Waals surface area (Å²) in [5, 5.41) is 2.64. The monoisotopic (exact) mass is 172 g/mol. The molecule has 1 aliphatic carbocycles. The minimum absolute atomic E-state index is 0.0582. The molecule has 0 heterocycles. The van der Waals surface area contributed by atoms with Crippen LogP contribution in [-0.4, -0.2) is 32.2 Å². The number of carbonyl (C=O) groups excluding carboxylic acids is 1. The Bertz CT molecular complexity index is 146. The smallest absolute Gasteiger partial charge is 0.233 e. The zero-order valence-electron chi connectivity index (χ0n) is 7.21. The van der Waals surface area contributed by atoms with Crippen molar-refractivity contribution in [1.82, 2.24) is 5.32 Å². The van der Waals surface area contributed by atoms with Crippen molar-refractivity contribution in [3.05, 3.63) is 0 Å². The van der Waals surface area contributed by atoms with Crippen molar-refractivity contribution < 1.29 is 9.53 Å². The number of amides is 1. The molecule has 4 nitrogen and oxygen atoms in total. The van der Waals surface area contributed by atoms with Gasteiger partial charge in [0.2, 0.25) is 5.91 Å². The average molecular weight is 172 g/mol. The molecular weight excluding hydrogens is 156 g/mol. The summed E-state index contributed by atoms with van der Waals surface area (Å²) >= 11 is 0. The maximum absolute atomic E-state index is 10.6. The van der Waals surface area contributed by atoms with Crippen LogP contribution in [0.4, 0.5) is 0 Å². The van der Waals surface area contributed by atoms with Crippen LogP contribution in [0.5, 0.6) is 0 Å². The Morgan fingerprint density at radius 2 is 2.33 bits per heavy atom. The second-order valence-electron chi connectivity index (χ2n) is 3.07. The zero-order valence-corrected chi connectivity index (χ0v) is 7.21. The highest BCUT2D eigenvalue weighted by Gasteiger charge is 2.20. The van der Waals surface area contributed by atoms with E-state index in [2.05, 4.69) is 5.32 Å². The van der Waals surface area contributed by atoms with Crippen molar-refractivity contribution >= 4 is 5.91 Å². The first-order valence-electron chi connectivity index (χ1n) is 4.37. The lowest BCUT2D eigenvalue weighted by molar-refractivity contribution is -0.119. The Morgan fingerprint density at radius 3 is 2.92 bits per heavy atom. The summed E-state index contributed by atoms with van der Waals surface area (Å²) in [5.41, 5.74) is 5.09. The van der Waals surface area contributed by atoms with Gasteiger partial charge in [-0.3, -0.25) is 4.79 Å². The Labute approximate surface area is 72.5 Å². The second kappa shape index (κ2) is 5.11. The highest BCUT2D eigenvalue weighted by atomic mass is 16.5. The predicted molar refractivity (Wildman–Crippen MR) is 45.6 cm³/mol. The van der Waals surface area contributed by atoms with Crippen molar-refractivity contribution in [2.75, 3.05) is 26.3 Å². The summed E-state index contributed by atoms with van der Waals surface area (Å²) < 4.78 is 5.30. The maximum Gasteiger partial charge on any atom is 0.233 e. The minimum Gasteiger partial charge on any atom is -0.379 e. The molecule has 0 spiro atoms. The van der Waals surface area contributed by atoms with Gasteiger partial charge in [-0.25, -0.2) is 0 Å². The molecule has 0 aromatic heterocycles. The summed E-state index contributed by atoms with van der Waals surface area (Å²) in [6, 6.07) is 0. The number of nitrogens with one attached hydrogen (secondary N) is 1. The first-order valence-corrected chi connectivity index (χ1v) is 4.37. The summed E-state index contributed by atoms with van der Waals surface area (Å²) in [7, 11) is 0. The quantitative estimate of drug-likeness (QED) is 0.530. The van der Waals surface area contributed by atoms with E-state index < -0.39 is 0 Å². The number of carbonyl (C=O) groups is 1. The largest absolute Gasteiger partial charge is 0.379 e. The summed E-state index contributed by atoms with van der Waals surface area (Å²) in [6.45, 7) is 2.08. The molecule has 3 N–H and O–H groups in total. The first-order chi connectivity index (χ1) is 5.83. The van der Waals surface area contributed by atoms with Crippen molar-refractivity contribution in [1.29, 1.82) is 0 Å². The van der Waals surface area contributed by atoms with Crippen LogP contribution in [-0.2, 0) is 9.53 Å². The van der Waals surface area contributed by atoms with Crippen molar-refractivity contribution in [2.24, 2.45) is 11.7 Å². The highest BCUT2D eigenvalue weighted by molar-refractivity contribution is 5.77. The molecular formula is C8H16N2O2. The van der Waals surface area contributed by atoms with E-state index in [9.17, 15) is 4.79 Å². The summed E-state index contributed by atoms with van der Waals surface area (Å²) in [4.78, 5) is 10.6. The molecule has 4 heteroatoms. The van der Waals surface area contributed by atoms with Gasteiger partial charge in [0.1, 0.15) is 0 Å². The van der Waals surface area contributed by atoms with Crippen LogP contribution in [0.1, 0.15) is 12.8 Å². The van der Waals surface area contributed by atoms with Gasteiger partial charge in [-0.2, -0.15) is 0 Å². The van der Waals surface area contributed by atoms with Gasteiger partial charge < -0.3 is 15.8 Å². The van der Waals surface area contributed by atoms with Crippen molar-refractivity contribution in [2.45, 2.75) is 12.8 Å². The van der Waals surface area contributed by atoms with Gasteiger partial charge >= 0.3 is 0 Å². The fourth-order valence-electron chi connectivity index (χ4n) is 0.869. The molecule has 0 atom stereocenters. The number of hydrogen-bond acceptors (Lipinski definition) is 3. The fraction of sp³-hybridized carbons (Fsp3) is 0.875. The van der Waals surface area contributed by atoms with Gasteiger partial charge in [-0.15, -0.1) is 0 Å². The Hall–Kier alpha value is -0.610. The van der Waals surface area contributed by atoms with Crippen molar-refractivity contribution in [3.63, 3.8) is 0 Å². The molecule has 0 bridgehead atoms. The number of ether oxygens (including phenoxy) is 1. The lowest BCUT2D eigenvalue weighted by atomic mass is 10.5. The number of nitrogens with two attached hydrogens (primary N) is 1. The van der Waals surface area contributed by atoms with Crippen molar-refractivity contribution in [3.8, 4) is 0 Å². The van der Waals surface area contributed by atoms with E-state index in [1.807, 2.05) is 0 Å². The third-order valence-electron chi connectivity index (χ3n) is 1.80. The van der Waals surface area contributed by atoms with Crippen LogP contribution in [0.3, 0.4) is 0 Å². The normalized spacial score (nSPS) is 16.1. The Balaban J connectivity index is 1.78. The van der Waals surface area contributed by atoms with Gasteiger partial charge in [0.05, 0.1) is 13.2 Å². The van der Waals surface area contributed by atoms with Gasteiger partial charge in [-0.05, 0) is 18.8 Å². The fourth-order valence-corrected chi connectivity index (χ4v) is 0.869. The molecule has 1 amide bonds. The van der Waals surface area contributed by atoms with E-state index in [4.69, 9.17) is 10.5 Å². The van der Waals surface area contributed by atoms with Crippen LogP contribution in [0.25, 0.3) is 0 Å². The molecule has 0 aromatic rings. The van der Waals surface area contributed by atoms with E-state index in [0.717, 1.165) is 12.5 Å². The topological polar surface area (TPSA) is 64.4 Å². The molecule has 1 saturated carbocycles. The summed E-state index contributed by atoms with van der Waals surface area (Å²) in [6.07, 6.45) is 2.60. The molecule has 0 unspecified atom stereocenters. The predicted octanol–water partition coefficient (Wildman–Crippen LogP) is -0.512. The van der Waals surface area contributed by atoms with Crippen LogP contribution in [0, 0.1) is 5.92 Å². The standard InChI is InChI=1S/C8H16N2O2/c9-5-8(11)10-3-4-12-6-7-1-2-7/h7H,1-6,9H2,(H,10,11). The van der Waals surface area contributed by atoms with E-state index >= 15 is 0 Å². The molecule has 12 heavy (non-hydrogen) atoms. The molecule has 1 rings (SSSR count). The highest BCUT2D eigenvalue weighted by Crippen LogP contribution is 2.28. The van der Waals surface area contributed by atoms with Crippen LogP contribution < -0.4 is 11.1 Å². The number of rotatable bonds is 6. The third kappa shape index (κ3) is 4.31. The third-order valence-corrected chi connectivity index (χ3v) is 1.80. The molecule has 70 valence electrons. The van der Waals surface area contributed by atoms with E-state index in [1.165, 1.54) is 12.8 Å². The molecule has 0 saturated heterocycles. The average Bonchev–Trinajstić information content (AvgIpc) is 2.87. The van der Waals surface area contributed by atoms with Gasteiger partial charge in [0.15, 0.2) is 0 Å². The Morgan fingerprint density at radius 1 is 1.58 bits per heavy atom. The van der Waals surface area contributed by atoms with E-state index in [0.29, 0.717) is 13.2 Å². The van der Waals surface area contributed by atoms with Gasteiger partial charge in [0.25, 0.3) is 0 Å². The molecule has 1 fully saturated rings. The van der Waals surface area contributed by atoms with E-state index in [1.54, 1.807) is 0 Å². The molecule has 0 aromatic carbocycles. The SMILES string of the molecule is NCC(=O)NCCOCC1CC1. The molecule has 0 aliphatic heterocycles. The van der Waals surface area contributed by atoms with Gasteiger partial charge in [-0.1, -0.05) is 0 Å². The number of hydrogen-bond donors (Lipinski definition) is 2. The zero-order chi connectivity index (χ0) is 8.81. The van der Waals surface area contributed by atoms with Crippen LogP contribution >= 0.6 is 0 Å². The minimum atomic E-state index is -0.120. The van der Waals surface area contributed by atoms with Crippen LogP contribution in [0.2, 0.25) is 0 Å². The lowest BCUT2D eigenvalue weighted by Crippen LogP contribution is -2.32. The summed E-state index contributed by atoms with van der Waals surface area (Å²) in [5.74, 6) is 0.667. The first kappa shape index (κ1) is 9.48.